The summed E-state index contributed by atoms with van der Waals surface area (Å²) in [5, 5.41) is 0. The lowest BCUT2D eigenvalue weighted by molar-refractivity contribution is -0.146. The molecule has 76 valence electrons. The van der Waals surface area contributed by atoms with Crippen LogP contribution in [0.15, 0.2) is 0 Å². The highest BCUT2D eigenvalue weighted by molar-refractivity contribution is 5.71. The Morgan fingerprint density at radius 3 is 1.58 bits per heavy atom. The zero-order valence-corrected chi connectivity index (χ0v) is 9.60. The van der Waals surface area contributed by atoms with Gasteiger partial charge in [0.1, 0.15) is 0 Å². The average molecular weight is 176 g/mol. The fourth-order valence-corrected chi connectivity index (χ4v) is 0.309. The third-order valence-corrected chi connectivity index (χ3v) is 0.758. The van der Waals surface area contributed by atoms with Gasteiger partial charge in [0, 0.05) is 0 Å². The Hall–Kier alpha value is -0.530. The fraction of sp³-hybridized carbons (Fsp3) is 0.900. The lowest BCUT2D eigenvalue weighted by Crippen LogP contribution is -2.10. The molecule has 0 aromatic heterocycles. The maximum absolute atomic E-state index is 10.5. The van der Waals surface area contributed by atoms with Gasteiger partial charge in [-0.05, 0) is 6.92 Å². The van der Waals surface area contributed by atoms with Crippen LogP contribution in [0, 0.1) is 5.92 Å². The van der Waals surface area contributed by atoms with Gasteiger partial charge < -0.3 is 4.74 Å². The van der Waals surface area contributed by atoms with Gasteiger partial charge in [0.15, 0.2) is 0 Å². The van der Waals surface area contributed by atoms with Crippen LogP contribution in [0.4, 0.5) is 0 Å². The summed E-state index contributed by atoms with van der Waals surface area (Å²) in [5.74, 6) is -0.109. The largest absolute Gasteiger partial charge is 0.466 e. The SMILES string of the molecule is CC.CC.CCOC(=O)C(C)C. The minimum absolute atomic E-state index is 0.00921. The van der Waals surface area contributed by atoms with Gasteiger partial charge in [-0.1, -0.05) is 41.5 Å². The van der Waals surface area contributed by atoms with E-state index in [-0.39, 0.29) is 11.9 Å². The van der Waals surface area contributed by atoms with Crippen molar-refractivity contribution in [1.29, 1.82) is 0 Å². The van der Waals surface area contributed by atoms with E-state index < -0.39 is 0 Å². The summed E-state index contributed by atoms with van der Waals surface area (Å²) in [6, 6.07) is 0. The Bertz CT molecular complexity index is 77.9. The molecule has 0 heterocycles. The topological polar surface area (TPSA) is 26.3 Å². The first-order chi connectivity index (χ1) is 5.68. The molecule has 0 aromatic rings. The highest BCUT2D eigenvalue weighted by atomic mass is 16.5. The standard InChI is InChI=1S/C6H12O2.2C2H6/c1-4-8-6(7)5(2)3;2*1-2/h5H,4H2,1-3H3;2*1-2H3. The molecular formula is C10H24O2. The van der Waals surface area contributed by atoms with Crippen molar-refractivity contribution in [2.24, 2.45) is 5.92 Å². The normalized spacial score (nSPS) is 7.33. The molecule has 0 bridgehead atoms. The lowest BCUT2D eigenvalue weighted by Gasteiger charge is -2.01. The first-order valence-corrected chi connectivity index (χ1v) is 4.85. The van der Waals surface area contributed by atoms with Gasteiger partial charge in [-0.25, -0.2) is 0 Å². The number of ether oxygens (including phenoxy) is 1. The molecule has 0 aliphatic rings. The number of carbonyl (C=O) groups is 1. The maximum Gasteiger partial charge on any atom is 0.308 e. The summed E-state index contributed by atoms with van der Waals surface area (Å²) in [6.45, 7) is 13.9. The van der Waals surface area contributed by atoms with Crippen LogP contribution in [0.1, 0.15) is 48.5 Å². The molecule has 0 saturated carbocycles. The Morgan fingerprint density at radius 1 is 1.17 bits per heavy atom. The number of esters is 1. The van der Waals surface area contributed by atoms with E-state index in [4.69, 9.17) is 0 Å². The van der Waals surface area contributed by atoms with E-state index in [1.807, 2.05) is 41.5 Å². The zero-order valence-electron chi connectivity index (χ0n) is 9.60. The second kappa shape index (κ2) is 16.8. The molecule has 2 heteroatoms. The predicted molar refractivity (Wildman–Crippen MR) is 54.2 cm³/mol. The van der Waals surface area contributed by atoms with Crippen LogP contribution in [0.3, 0.4) is 0 Å². The molecule has 0 N–H and O–H groups in total. The van der Waals surface area contributed by atoms with E-state index in [1.54, 1.807) is 6.92 Å². The van der Waals surface area contributed by atoms with E-state index in [0.29, 0.717) is 6.61 Å². The zero-order chi connectivity index (χ0) is 10.6. The molecule has 0 rings (SSSR count). The molecule has 0 fully saturated rings. The van der Waals surface area contributed by atoms with Crippen LogP contribution in [0.25, 0.3) is 0 Å². The molecule has 0 aliphatic heterocycles. The van der Waals surface area contributed by atoms with Crippen LogP contribution in [0.2, 0.25) is 0 Å². The lowest BCUT2D eigenvalue weighted by atomic mass is 10.2. The Labute approximate surface area is 77.3 Å². The van der Waals surface area contributed by atoms with Crippen molar-refractivity contribution in [1.82, 2.24) is 0 Å². The van der Waals surface area contributed by atoms with E-state index in [1.165, 1.54) is 0 Å². The first-order valence-electron chi connectivity index (χ1n) is 4.85. The van der Waals surface area contributed by atoms with E-state index in [2.05, 4.69) is 4.74 Å². The molecule has 0 aromatic carbocycles. The first kappa shape index (κ1) is 17.5. The van der Waals surface area contributed by atoms with Gasteiger partial charge in [0.05, 0.1) is 12.5 Å². The molecule has 0 spiro atoms. The van der Waals surface area contributed by atoms with Crippen LogP contribution in [-0.2, 0) is 9.53 Å². The monoisotopic (exact) mass is 176 g/mol. The Morgan fingerprint density at radius 2 is 1.50 bits per heavy atom. The molecule has 12 heavy (non-hydrogen) atoms. The van der Waals surface area contributed by atoms with Crippen LogP contribution in [0.5, 0.6) is 0 Å². The van der Waals surface area contributed by atoms with E-state index in [9.17, 15) is 4.79 Å². The predicted octanol–water partition coefficient (Wildman–Crippen LogP) is 3.26. The summed E-state index contributed by atoms with van der Waals surface area (Å²) >= 11 is 0. The van der Waals surface area contributed by atoms with Gasteiger partial charge in [0.25, 0.3) is 0 Å². The molecule has 0 radical (unpaired) electrons. The van der Waals surface area contributed by atoms with Gasteiger partial charge in [-0.3, -0.25) is 4.79 Å². The van der Waals surface area contributed by atoms with Crippen molar-refractivity contribution in [3.05, 3.63) is 0 Å². The van der Waals surface area contributed by atoms with Crippen molar-refractivity contribution < 1.29 is 9.53 Å². The molecule has 0 unspecified atom stereocenters. The quantitative estimate of drug-likeness (QED) is 0.604. The summed E-state index contributed by atoms with van der Waals surface area (Å²) < 4.78 is 4.66. The number of carbonyl (C=O) groups excluding carboxylic acids is 1. The molecule has 0 saturated heterocycles. The van der Waals surface area contributed by atoms with Gasteiger partial charge in [-0.2, -0.15) is 0 Å². The molecule has 0 aliphatic carbocycles. The van der Waals surface area contributed by atoms with Crippen LogP contribution in [-0.4, -0.2) is 12.6 Å². The smallest absolute Gasteiger partial charge is 0.308 e. The highest BCUT2D eigenvalue weighted by Gasteiger charge is 2.04. The van der Waals surface area contributed by atoms with E-state index in [0.717, 1.165) is 0 Å². The maximum atomic E-state index is 10.5. The third kappa shape index (κ3) is 16.2. The van der Waals surface area contributed by atoms with Crippen LogP contribution < -0.4 is 0 Å². The summed E-state index contributed by atoms with van der Waals surface area (Å²) in [5.41, 5.74) is 0. The number of hydrogen-bond acceptors (Lipinski definition) is 2. The summed E-state index contributed by atoms with van der Waals surface area (Å²) in [7, 11) is 0. The van der Waals surface area contributed by atoms with Gasteiger partial charge in [0.2, 0.25) is 0 Å². The highest BCUT2D eigenvalue weighted by Crippen LogP contribution is 1.93. The number of rotatable bonds is 2. The average Bonchev–Trinajstić information content (AvgIpc) is 2.12. The molecular weight excluding hydrogens is 152 g/mol. The fourth-order valence-electron chi connectivity index (χ4n) is 0.309. The van der Waals surface area contributed by atoms with Gasteiger partial charge in [-0.15, -0.1) is 0 Å². The Kier molecular flexibility index (Phi) is 24.6. The molecule has 2 nitrogen and oxygen atoms in total. The van der Waals surface area contributed by atoms with E-state index >= 15 is 0 Å². The second-order valence-corrected chi connectivity index (χ2v) is 1.91. The van der Waals surface area contributed by atoms with Crippen molar-refractivity contribution >= 4 is 5.97 Å². The Balaban J connectivity index is -0.000000175. The summed E-state index contributed by atoms with van der Waals surface area (Å²) in [6.07, 6.45) is 0. The van der Waals surface area contributed by atoms with Crippen molar-refractivity contribution in [3.8, 4) is 0 Å². The number of hydrogen-bond donors (Lipinski definition) is 0. The van der Waals surface area contributed by atoms with Crippen LogP contribution >= 0.6 is 0 Å². The van der Waals surface area contributed by atoms with Crippen molar-refractivity contribution in [3.63, 3.8) is 0 Å². The van der Waals surface area contributed by atoms with Crippen molar-refractivity contribution in [2.75, 3.05) is 6.61 Å². The molecule has 0 amide bonds. The molecule has 0 atom stereocenters. The van der Waals surface area contributed by atoms with Crippen molar-refractivity contribution in [2.45, 2.75) is 48.5 Å². The summed E-state index contributed by atoms with van der Waals surface area (Å²) in [4.78, 5) is 10.5. The second-order valence-electron chi connectivity index (χ2n) is 1.91. The third-order valence-electron chi connectivity index (χ3n) is 0.758. The van der Waals surface area contributed by atoms with Gasteiger partial charge >= 0.3 is 5.97 Å². The minimum Gasteiger partial charge on any atom is -0.466 e. The minimum atomic E-state index is -0.118.